The fourth-order valence-electron chi connectivity index (χ4n) is 2.47. The first-order chi connectivity index (χ1) is 9.08. The molecular formula is C13H18N2O4. The Morgan fingerprint density at radius 1 is 1.58 bits per heavy atom. The largest absolute Gasteiger partial charge is 0.481 e. The van der Waals surface area contributed by atoms with Crippen LogP contribution in [-0.4, -0.2) is 40.0 Å². The summed E-state index contributed by atoms with van der Waals surface area (Å²) >= 11 is 0. The lowest BCUT2D eigenvalue weighted by molar-refractivity contribution is -0.137. The first-order valence-electron chi connectivity index (χ1n) is 6.49. The molecule has 0 bridgehead atoms. The second-order valence-corrected chi connectivity index (χ2v) is 4.95. The third-order valence-corrected chi connectivity index (χ3v) is 3.52. The first-order valence-corrected chi connectivity index (χ1v) is 6.49. The van der Waals surface area contributed by atoms with Crippen molar-refractivity contribution in [3.05, 3.63) is 17.8 Å². The maximum Gasteiger partial charge on any atom is 0.303 e. The molecule has 1 amide bonds. The van der Waals surface area contributed by atoms with Gasteiger partial charge < -0.3 is 14.4 Å². The van der Waals surface area contributed by atoms with Crippen LogP contribution in [0.4, 0.5) is 0 Å². The smallest absolute Gasteiger partial charge is 0.303 e. The molecule has 0 aromatic carbocycles. The molecule has 1 atom stereocenters. The van der Waals surface area contributed by atoms with Crippen molar-refractivity contribution in [3.63, 3.8) is 0 Å². The zero-order valence-corrected chi connectivity index (χ0v) is 11.0. The van der Waals surface area contributed by atoms with E-state index in [1.807, 2.05) is 0 Å². The van der Waals surface area contributed by atoms with Crippen LogP contribution in [0.5, 0.6) is 0 Å². The van der Waals surface area contributed by atoms with Gasteiger partial charge in [-0.15, -0.1) is 0 Å². The number of rotatable bonds is 4. The normalized spacial score (nSPS) is 19.4. The monoisotopic (exact) mass is 266 g/mol. The maximum atomic E-state index is 12.3. The van der Waals surface area contributed by atoms with Gasteiger partial charge in [-0.25, -0.2) is 4.98 Å². The molecule has 19 heavy (non-hydrogen) atoms. The van der Waals surface area contributed by atoms with E-state index in [4.69, 9.17) is 9.52 Å². The number of hydrogen-bond acceptors (Lipinski definition) is 4. The molecule has 1 aliphatic rings. The summed E-state index contributed by atoms with van der Waals surface area (Å²) in [5.41, 5.74) is 0.360. The summed E-state index contributed by atoms with van der Waals surface area (Å²) in [6.07, 6.45) is 3.95. The molecule has 0 spiro atoms. The van der Waals surface area contributed by atoms with Crippen LogP contribution in [0.15, 0.2) is 10.8 Å². The van der Waals surface area contributed by atoms with Crippen LogP contribution >= 0.6 is 0 Å². The molecule has 0 saturated carbocycles. The standard InChI is InChI=1S/C13H18N2O4/c1-9-12(14-8-19-9)13(18)15-6-2-3-10(7-15)4-5-11(16)17/h8,10H,2-7H2,1H3,(H,16,17)/t10-/m0/s1. The molecule has 6 nitrogen and oxygen atoms in total. The number of carboxylic acid groups (broad SMARTS) is 1. The minimum absolute atomic E-state index is 0.119. The van der Waals surface area contributed by atoms with Gasteiger partial charge in [-0.1, -0.05) is 0 Å². The molecular weight excluding hydrogens is 248 g/mol. The number of carbonyl (C=O) groups excluding carboxylic acids is 1. The topological polar surface area (TPSA) is 83.6 Å². The lowest BCUT2D eigenvalue weighted by Crippen LogP contribution is -2.40. The van der Waals surface area contributed by atoms with Crippen molar-refractivity contribution >= 4 is 11.9 Å². The van der Waals surface area contributed by atoms with Crippen molar-refractivity contribution in [2.24, 2.45) is 5.92 Å². The molecule has 0 aliphatic carbocycles. The first kappa shape index (κ1) is 13.6. The second kappa shape index (κ2) is 5.86. The third-order valence-electron chi connectivity index (χ3n) is 3.52. The van der Waals surface area contributed by atoms with Crippen LogP contribution in [-0.2, 0) is 4.79 Å². The minimum Gasteiger partial charge on any atom is -0.481 e. The van der Waals surface area contributed by atoms with Crippen molar-refractivity contribution in [1.82, 2.24) is 9.88 Å². The van der Waals surface area contributed by atoms with Gasteiger partial charge in [-0.2, -0.15) is 0 Å². The molecule has 1 aliphatic heterocycles. The Morgan fingerprint density at radius 2 is 2.37 bits per heavy atom. The highest BCUT2D eigenvalue weighted by molar-refractivity contribution is 5.93. The van der Waals surface area contributed by atoms with Crippen LogP contribution in [0, 0.1) is 12.8 Å². The highest BCUT2D eigenvalue weighted by Crippen LogP contribution is 2.22. The van der Waals surface area contributed by atoms with Crippen molar-refractivity contribution in [3.8, 4) is 0 Å². The summed E-state index contributed by atoms with van der Waals surface area (Å²) in [6, 6.07) is 0. The van der Waals surface area contributed by atoms with Gasteiger partial charge in [0.15, 0.2) is 12.1 Å². The van der Waals surface area contributed by atoms with Gasteiger partial charge >= 0.3 is 5.97 Å². The van der Waals surface area contributed by atoms with Crippen LogP contribution in [0.2, 0.25) is 0 Å². The summed E-state index contributed by atoms with van der Waals surface area (Å²) in [7, 11) is 0. The number of nitrogens with zero attached hydrogens (tertiary/aromatic N) is 2. The molecule has 0 radical (unpaired) electrons. The predicted molar refractivity (Wildman–Crippen MR) is 66.7 cm³/mol. The molecule has 1 aromatic heterocycles. The number of carboxylic acids is 1. The number of hydrogen-bond donors (Lipinski definition) is 1. The van der Waals surface area contributed by atoms with Crippen molar-refractivity contribution < 1.29 is 19.1 Å². The van der Waals surface area contributed by atoms with Crippen LogP contribution < -0.4 is 0 Å². The molecule has 1 saturated heterocycles. The van der Waals surface area contributed by atoms with E-state index in [9.17, 15) is 9.59 Å². The summed E-state index contributed by atoms with van der Waals surface area (Å²) in [4.78, 5) is 28.5. The van der Waals surface area contributed by atoms with Crippen LogP contribution in [0.3, 0.4) is 0 Å². The van der Waals surface area contributed by atoms with E-state index in [-0.39, 0.29) is 18.2 Å². The number of piperidine rings is 1. The molecule has 2 heterocycles. The Hall–Kier alpha value is -1.85. The molecule has 0 unspecified atom stereocenters. The average molecular weight is 266 g/mol. The van der Waals surface area contributed by atoms with Gasteiger partial charge in [0.05, 0.1) is 0 Å². The van der Waals surface area contributed by atoms with Crippen LogP contribution in [0.25, 0.3) is 0 Å². The Balaban J connectivity index is 1.95. The number of aromatic nitrogens is 1. The highest BCUT2D eigenvalue weighted by Gasteiger charge is 2.27. The van der Waals surface area contributed by atoms with Gasteiger partial charge in [-0.3, -0.25) is 9.59 Å². The second-order valence-electron chi connectivity index (χ2n) is 4.95. The predicted octanol–water partition coefficient (Wildman–Crippen LogP) is 1.70. The number of oxazole rings is 1. The van der Waals surface area contributed by atoms with E-state index < -0.39 is 5.97 Å². The zero-order valence-electron chi connectivity index (χ0n) is 11.0. The van der Waals surface area contributed by atoms with E-state index in [0.29, 0.717) is 31.0 Å². The van der Waals surface area contributed by atoms with E-state index in [1.54, 1.807) is 11.8 Å². The van der Waals surface area contributed by atoms with Crippen molar-refractivity contribution in [1.29, 1.82) is 0 Å². The summed E-state index contributed by atoms with van der Waals surface area (Å²) < 4.78 is 5.05. The quantitative estimate of drug-likeness (QED) is 0.896. The number of carbonyl (C=O) groups is 2. The number of likely N-dealkylation sites (tertiary alicyclic amines) is 1. The van der Waals surface area contributed by atoms with Gasteiger partial charge in [-0.05, 0) is 32.1 Å². The SMILES string of the molecule is Cc1ocnc1C(=O)N1CCC[C@@H](CCC(=O)O)C1. The molecule has 2 rings (SSSR count). The molecule has 1 aromatic rings. The zero-order chi connectivity index (χ0) is 13.8. The Labute approximate surface area is 111 Å². The van der Waals surface area contributed by atoms with Crippen molar-refractivity contribution in [2.75, 3.05) is 13.1 Å². The van der Waals surface area contributed by atoms with E-state index in [1.165, 1.54) is 6.39 Å². The molecule has 1 fully saturated rings. The molecule has 6 heteroatoms. The summed E-state index contributed by atoms with van der Waals surface area (Å²) in [5, 5.41) is 8.70. The number of amides is 1. The van der Waals surface area contributed by atoms with Crippen molar-refractivity contribution in [2.45, 2.75) is 32.6 Å². The van der Waals surface area contributed by atoms with Gasteiger partial charge in [0.2, 0.25) is 0 Å². The van der Waals surface area contributed by atoms with E-state index in [2.05, 4.69) is 4.98 Å². The Bertz CT molecular complexity index is 469. The Kier molecular flexibility index (Phi) is 4.19. The average Bonchev–Trinajstić information content (AvgIpc) is 2.82. The lowest BCUT2D eigenvalue weighted by atomic mass is 9.93. The van der Waals surface area contributed by atoms with E-state index in [0.717, 1.165) is 12.8 Å². The number of aryl methyl sites for hydroxylation is 1. The highest BCUT2D eigenvalue weighted by atomic mass is 16.4. The molecule has 1 N–H and O–H groups in total. The fraction of sp³-hybridized carbons (Fsp3) is 0.615. The lowest BCUT2D eigenvalue weighted by Gasteiger charge is -2.32. The van der Waals surface area contributed by atoms with Crippen LogP contribution in [0.1, 0.15) is 41.9 Å². The fourth-order valence-corrected chi connectivity index (χ4v) is 2.47. The van der Waals surface area contributed by atoms with Gasteiger partial charge in [0.1, 0.15) is 5.76 Å². The minimum atomic E-state index is -0.782. The summed E-state index contributed by atoms with van der Waals surface area (Å²) in [6.45, 7) is 3.03. The maximum absolute atomic E-state index is 12.3. The Morgan fingerprint density at radius 3 is 3.00 bits per heavy atom. The van der Waals surface area contributed by atoms with E-state index >= 15 is 0 Å². The molecule has 104 valence electrons. The van der Waals surface area contributed by atoms with Gasteiger partial charge in [0, 0.05) is 19.5 Å². The number of aliphatic carboxylic acids is 1. The van der Waals surface area contributed by atoms with Gasteiger partial charge in [0.25, 0.3) is 5.91 Å². The summed E-state index contributed by atoms with van der Waals surface area (Å²) in [5.74, 6) is -0.110. The third kappa shape index (κ3) is 3.33.